The van der Waals surface area contributed by atoms with E-state index in [4.69, 9.17) is 9.47 Å². The topological polar surface area (TPSA) is 128 Å². The minimum atomic E-state index is -3.93. The Hall–Kier alpha value is -3.34. The molecule has 0 saturated heterocycles. The molecule has 0 fully saturated rings. The van der Waals surface area contributed by atoms with Gasteiger partial charge in [0, 0.05) is 12.1 Å². The lowest BCUT2D eigenvalue weighted by Gasteiger charge is -2.23. The van der Waals surface area contributed by atoms with Crippen molar-refractivity contribution in [3.8, 4) is 11.5 Å². The third kappa shape index (κ3) is 6.85. The van der Waals surface area contributed by atoms with Crippen molar-refractivity contribution in [3.05, 3.63) is 58.1 Å². The van der Waals surface area contributed by atoms with Gasteiger partial charge < -0.3 is 14.8 Å². The van der Waals surface area contributed by atoms with E-state index in [1.807, 2.05) is 24.3 Å². The molecule has 0 saturated carbocycles. The maximum atomic E-state index is 12.3. The molecule has 2 aromatic carbocycles. The highest BCUT2D eigenvalue weighted by Crippen LogP contribution is 2.33. The van der Waals surface area contributed by atoms with Gasteiger partial charge in [0.2, 0.25) is 15.9 Å². The highest BCUT2D eigenvalue weighted by Gasteiger charge is 2.26. The van der Waals surface area contributed by atoms with Crippen LogP contribution in [-0.4, -0.2) is 52.3 Å². The second-order valence-corrected chi connectivity index (χ2v) is 8.49. The molecule has 0 aliphatic carbocycles. The lowest BCUT2D eigenvalue weighted by atomic mass is 10.2. The number of carbonyl (C=O) groups excluding carboxylic acids is 1. The third-order valence-corrected chi connectivity index (χ3v) is 5.48. The van der Waals surface area contributed by atoms with E-state index in [-0.39, 0.29) is 30.3 Å². The highest BCUT2D eigenvalue weighted by molar-refractivity contribution is 7.92. The Morgan fingerprint density at radius 3 is 2.42 bits per heavy atom. The van der Waals surface area contributed by atoms with Crippen molar-refractivity contribution in [2.24, 2.45) is 0 Å². The van der Waals surface area contributed by atoms with Crippen molar-refractivity contribution in [2.45, 2.75) is 13.3 Å². The number of hydrogen-bond acceptors (Lipinski definition) is 7. The van der Waals surface area contributed by atoms with Gasteiger partial charge in [0.1, 0.15) is 30.3 Å². The molecule has 0 heterocycles. The molecule has 2 rings (SSSR count). The Balaban J connectivity index is 2.03. The molecule has 0 atom stereocenters. The molecule has 0 radical (unpaired) electrons. The summed E-state index contributed by atoms with van der Waals surface area (Å²) >= 11 is 0. The van der Waals surface area contributed by atoms with E-state index in [0.717, 1.165) is 23.0 Å². The molecule has 1 amide bonds. The van der Waals surface area contributed by atoms with Crippen molar-refractivity contribution >= 4 is 27.3 Å². The van der Waals surface area contributed by atoms with Crippen LogP contribution in [0, 0.1) is 10.1 Å². The quantitative estimate of drug-likeness (QED) is 0.315. The van der Waals surface area contributed by atoms with E-state index in [0.29, 0.717) is 5.75 Å². The third-order valence-electron chi connectivity index (χ3n) is 4.35. The molecule has 0 aliphatic rings. The summed E-state index contributed by atoms with van der Waals surface area (Å²) in [6.07, 6.45) is 1.82. The summed E-state index contributed by atoms with van der Waals surface area (Å²) in [7, 11) is -2.63. The Morgan fingerprint density at radius 1 is 1.19 bits per heavy atom. The summed E-state index contributed by atoms with van der Waals surface area (Å²) < 4.78 is 36.0. The average Bonchev–Trinajstić information content (AvgIpc) is 2.74. The first-order valence-corrected chi connectivity index (χ1v) is 11.3. The van der Waals surface area contributed by atoms with Gasteiger partial charge in [0.15, 0.2) is 0 Å². The largest absolute Gasteiger partial charge is 0.495 e. The van der Waals surface area contributed by atoms with E-state index in [1.165, 1.54) is 24.8 Å². The molecular weight excluding hydrogens is 426 g/mol. The molecule has 0 spiro atoms. The van der Waals surface area contributed by atoms with Crippen LogP contribution >= 0.6 is 0 Å². The second kappa shape index (κ2) is 10.6. The van der Waals surface area contributed by atoms with Gasteiger partial charge in [0.05, 0.1) is 24.8 Å². The Kier molecular flexibility index (Phi) is 8.20. The number of carbonyl (C=O) groups is 1. The fourth-order valence-electron chi connectivity index (χ4n) is 2.73. The van der Waals surface area contributed by atoms with E-state index in [9.17, 15) is 23.3 Å². The molecule has 31 heavy (non-hydrogen) atoms. The van der Waals surface area contributed by atoms with Crippen LogP contribution in [0.15, 0.2) is 42.5 Å². The van der Waals surface area contributed by atoms with Gasteiger partial charge in [-0.05, 0) is 30.2 Å². The Bertz CT molecular complexity index is 1020. The number of hydrogen-bond donors (Lipinski definition) is 1. The van der Waals surface area contributed by atoms with Crippen molar-refractivity contribution in [1.29, 1.82) is 0 Å². The van der Waals surface area contributed by atoms with E-state index in [2.05, 4.69) is 12.2 Å². The molecule has 2 aromatic rings. The Morgan fingerprint density at radius 2 is 1.87 bits per heavy atom. The number of methoxy groups -OCH3 is 1. The number of aryl methyl sites for hydroxylation is 1. The van der Waals surface area contributed by atoms with E-state index < -0.39 is 27.4 Å². The maximum Gasteiger partial charge on any atom is 0.271 e. The van der Waals surface area contributed by atoms with Crippen molar-refractivity contribution < 1.29 is 27.6 Å². The summed E-state index contributed by atoms with van der Waals surface area (Å²) in [5.41, 5.74) is 0.757. The standard InChI is InChI=1S/C20H25N3O7S/c1-4-15-5-8-17(9-6-15)30-12-11-21-20(24)14-22(31(3,27)28)18-13-16(23(25)26)7-10-19(18)29-2/h5-10,13H,4,11-12,14H2,1-3H3,(H,21,24). The summed E-state index contributed by atoms with van der Waals surface area (Å²) in [5, 5.41) is 13.7. The number of benzene rings is 2. The number of non-ortho nitro benzene ring substituents is 1. The van der Waals surface area contributed by atoms with Crippen LogP contribution in [0.3, 0.4) is 0 Å². The summed E-state index contributed by atoms with van der Waals surface area (Å²) in [4.78, 5) is 22.8. The number of ether oxygens (including phenoxy) is 2. The summed E-state index contributed by atoms with van der Waals surface area (Å²) in [5.74, 6) is 0.150. The van der Waals surface area contributed by atoms with Crippen molar-refractivity contribution in [1.82, 2.24) is 5.32 Å². The fourth-order valence-corrected chi connectivity index (χ4v) is 3.59. The molecule has 0 aliphatic heterocycles. The van der Waals surface area contributed by atoms with E-state index in [1.54, 1.807) is 0 Å². The smallest absolute Gasteiger partial charge is 0.271 e. The number of nitro benzene ring substituents is 1. The monoisotopic (exact) mass is 451 g/mol. The molecule has 11 heteroatoms. The van der Waals surface area contributed by atoms with Crippen LogP contribution in [0.25, 0.3) is 0 Å². The number of nitrogens with zero attached hydrogens (tertiary/aromatic N) is 2. The molecule has 0 unspecified atom stereocenters. The van der Waals surface area contributed by atoms with Gasteiger partial charge in [-0.1, -0.05) is 19.1 Å². The molecular formula is C20H25N3O7S. The SMILES string of the molecule is CCc1ccc(OCCNC(=O)CN(c2cc([N+](=O)[O-])ccc2OC)S(C)(=O)=O)cc1. The van der Waals surface area contributed by atoms with Crippen LogP contribution in [-0.2, 0) is 21.2 Å². The molecule has 1 N–H and O–H groups in total. The second-order valence-electron chi connectivity index (χ2n) is 6.58. The minimum Gasteiger partial charge on any atom is -0.495 e. The van der Waals surface area contributed by atoms with E-state index >= 15 is 0 Å². The van der Waals surface area contributed by atoms with Crippen LogP contribution < -0.4 is 19.1 Å². The average molecular weight is 452 g/mol. The Labute approximate surface area is 181 Å². The maximum absolute atomic E-state index is 12.3. The van der Waals surface area contributed by atoms with Crippen molar-refractivity contribution in [3.63, 3.8) is 0 Å². The van der Waals surface area contributed by atoms with Gasteiger partial charge in [-0.2, -0.15) is 0 Å². The predicted octanol–water partition coefficient (Wildman–Crippen LogP) is 2.13. The van der Waals surface area contributed by atoms with Crippen molar-refractivity contribution in [2.75, 3.05) is 37.4 Å². The zero-order valence-corrected chi connectivity index (χ0v) is 18.3. The number of nitro groups is 1. The summed E-state index contributed by atoms with van der Waals surface area (Å²) in [6.45, 7) is 1.82. The first-order valence-electron chi connectivity index (χ1n) is 9.44. The molecule has 10 nitrogen and oxygen atoms in total. The molecule has 168 valence electrons. The predicted molar refractivity (Wildman–Crippen MR) is 116 cm³/mol. The van der Waals surface area contributed by atoms with Crippen LogP contribution in [0.5, 0.6) is 11.5 Å². The lowest BCUT2D eigenvalue weighted by molar-refractivity contribution is -0.384. The first kappa shape index (κ1) is 23.9. The molecule has 0 aromatic heterocycles. The lowest BCUT2D eigenvalue weighted by Crippen LogP contribution is -2.41. The fraction of sp³-hybridized carbons (Fsp3) is 0.350. The zero-order chi connectivity index (χ0) is 23.0. The van der Waals surface area contributed by atoms with Gasteiger partial charge in [0.25, 0.3) is 5.69 Å². The van der Waals surface area contributed by atoms with Gasteiger partial charge in [-0.25, -0.2) is 8.42 Å². The number of anilines is 1. The van der Waals surface area contributed by atoms with Crippen LogP contribution in [0.1, 0.15) is 12.5 Å². The molecule has 0 bridgehead atoms. The minimum absolute atomic E-state index is 0.0858. The highest BCUT2D eigenvalue weighted by atomic mass is 32.2. The number of rotatable bonds is 11. The van der Waals surface area contributed by atoms with Gasteiger partial charge >= 0.3 is 0 Å². The number of nitrogens with one attached hydrogen (secondary N) is 1. The normalized spacial score (nSPS) is 10.9. The summed E-state index contributed by atoms with van der Waals surface area (Å²) in [6, 6.07) is 11.1. The first-order chi connectivity index (χ1) is 14.7. The van der Waals surface area contributed by atoms with Gasteiger partial charge in [-0.3, -0.25) is 19.2 Å². The zero-order valence-electron chi connectivity index (χ0n) is 17.5. The van der Waals surface area contributed by atoms with Crippen LogP contribution in [0.2, 0.25) is 0 Å². The van der Waals surface area contributed by atoms with Gasteiger partial charge in [-0.15, -0.1) is 0 Å². The van der Waals surface area contributed by atoms with Crippen LogP contribution in [0.4, 0.5) is 11.4 Å². The number of sulfonamides is 1. The number of amides is 1.